The van der Waals surface area contributed by atoms with Gasteiger partial charge in [-0.25, -0.2) is 0 Å². The molecule has 98 valence electrons. The van der Waals surface area contributed by atoms with Crippen LogP contribution in [-0.2, 0) is 9.53 Å². The van der Waals surface area contributed by atoms with Crippen LogP contribution in [0.1, 0.15) is 46.0 Å². The molecule has 17 heavy (non-hydrogen) atoms. The van der Waals surface area contributed by atoms with E-state index in [1.54, 1.807) is 0 Å². The van der Waals surface area contributed by atoms with Crippen molar-refractivity contribution >= 4 is 23.1 Å². The molecule has 1 rings (SSSR count). The van der Waals surface area contributed by atoms with Crippen LogP contribution in [0.25, 0.3) is 0 Å². The lowest BCUT2D eigenvalue weighted by Crippen LogP contribution is -2.54. The van der Waals surface area contributed by atoms with Gasteiger partial charge in [-0.15, -0.1) is 0 Å². The van der Waals surface area contributed by atoms with E-state index in [1.807, 2.05) is 13.8 Å². The van der Waals surface area contributed by atoms with E-state index in [2.05, 4.69) is 5.32 Å². The Balaban J connectivity index is 2.44. The average Bonchev–Trinajstić information content (AvgIpc) is 2.29. The van der Waals surface area contributed by atoms with E-state index >= 15 is 0 Å². The minimum atomic E-state index is -0.582. The first-order chi connectivity index (χ1) is 7.98. The van der Waals surface area contributed by atoms with Crippen LogP contribution in [0.3, 0.4) is 0 Å². The van der Waals surface area contributed by atoms with Gasteiger partial charge in [-0.3, -0.25) is 4.79 Å². The third kappa shape index (κ3) is 4.24. The van der Waals surface area contributed by atoms with Crippen molar-refractivity contribution in [3.8, 4) is 0 Å². The van der Waals surface area contributed by atoms with Crippen LogP contribution in [0.4, 0.5) is 0 Å². The topological polar surface area (TPSA) is 64.3 Å². The number of hydrogen-bond donors (Lipinski definition) is 2. The van der Waals surface area contributed by atoms with Gasteiger partial charge in [-0.2, -0.15) is 0 Å². The number of thiocarbonyl (C=S) groups is 1. The summed E-state index contributed by atoms with van der Waals surface area (Å²) in [5.41, 5.74) is 5.07. The summed E-state index contributed by atoms with van der Waals surface area (Å²) >= 11 is 4.98. The highest BCUT2D eigenvalue weighted by Gasteiger charge is 2.28. The first-order valence-electron chi connectivity index (χ1n) is 6.20. The van der Waals surface area contributed by atoms with Crippen molar-refractivity contribution in [1.29, 1.82) is 0 Å². The lowest BCUT2D eigenvalue weighted by Gasteiger charge is -2.30. The van der Waals surface area contributed by atoms with Crippen LogP contribution >= 0.6 is 12.2 Å². The summed E-state index contributed by atoms with van der Waals surface area (Å²) in [6, 6.07) is 0. The molecular formula is C12H22N2O2S. The number of carbonyl (C=O) groups excluding carboxylic acids is 1. The minimum absolute atomic E-state index is 0.0333. The monoisotopic (exact) mass is 258 g/mol. The van der Waals surface area contributed by atoms with Gasteiger partial charge in [0.15, 0.2) is 0 Å². The van der Waals surface area contributed by atoms with Gasteiger partial charge in [-0.1, -0.05) is 19.1 Å². The third-order valence-corrected chi connectivity index (χ3v) is 3.80. The highest BCUT2D eigenvalue weighted by atomic mass is 32.1. The van der Waals surface area contributed by atoms with Crippen molar-refractivity contribution in [3.05, 3.63) is 0 Å². The lowest BCUT2D eigenvalue weighted by molar-refractivity contribution is -0.126. The molecule has 0 aromatic carbocycles. The number of nitrogens with two attached hydrogens (primary N) is 1. The fourth-order valence-corrected chi connectivity index (χ4v) is 2.05. The van der Waals surface area contributed by atoms with E-state index in [0.29, 0.717) is 17.8 Å². The Morgan fingerprint density at radius 3 is 2.76 bits per heavy atom. The van der Waals surface area contributed by atoms with Gasteiger partial charge in [0, 0.05) is 6.61 Å². The smallest absolute Gasteiger partial charge is 0.223 e. The van der Waals surface area contributed by atoms with Gasteiger partial charge in [0.2, 0.25) is 5.91 Å². The minimum Gasteiger partial charge on any atom is -0.391 e. The van der Waals surface area contributed by atoms with Gasteiger partial charge in [0.25, 0.3) is 0 Å². The fraction of sp³-hybridized carbons (Fsp3) is 0.833. The van der Waals surface area contributed by atoms with E-state index in [-0.39, 0.29) is 12.0 Å². The first-order valence-corrected chi connectivity index (χ1v) is 6.61. The van der Waals surface area contributed by atoms with Gasteiger partial charge in [-0.05, 0) is 32.6 Å². The number of carbonyl (C=O) groups is 1. The highest BCUT2D eigenvalue weighted by Crippen LogP contribution is 2.16. The predicted octanol–water partition coefficient (Wildman–Crippen LogP) is 1.52. The Morgan fingerprint density at radius 2 is 2.29 bits per heavy atom. The molecule has 1 heterocycles. The summed E-state index contributed by atoms with van der Waals surface area (Å²) in [5, 5.41) is 2.90. The van der Waals surface area contributed by atoms with Crippen LogP contribution in [0.5, 0.6) is 0 Å². The Labute approximate surface area is 108 Å². The maximum absolute atomic E-state index is 11.9. The summed E-state index contributed by atoms with van der Waals surface area (Å²) < 4.78 is 5.53. The lowest BCUT2D eigenvalue weighted by atomic mass is 9.98. The molecule has 1 fully saturated rings. The highest BCUT2D eigenvalue weighted by molar-refractivity contribution is 7.80. The van der Waals surface area contributed by atoms with E-state index in [9.17, 15) is 4.79 Å². The predicted molar refractivity (Wildman–Crippen MR) is 71.8 cm³/mol. The van der Waals surface area contributed by atoms with Gasteiger partial charge in [0.1, 0.15) is 0 Å². The molecule has 1 aliphatic rings. The molecule has 1 saturated heterocycles. The van der Waals surface area contributed by atoms with E-state index in [0.717, 1.165) is 25.9 Å². The van der Waals surface area contributed by atoms with Crippen molar-refractivity contribution < 1.29 is 9.53 Å². The molecule has 0 bridgehead atoms. The van der Waals surface area contributed by atoms with E-state index in [1.165, 1.54) is 0 Å². The zero-order valence-corrected chi connectivity index (χ0v) is 11.4. The Morgan fingerprint density at radius 1 is 1.59 bits per heavy atom. The summed E-state index contributed by atoms with van der Waals surface area (Å²) in [7, 11) is 0. The maximum atomic E-state index is 11.9. The molecule has 2 unspecified atom stereocenters. The van der Waals surface area contributed by atoms with Crippen LogP contribution in [0, 0.1) is 0 Å². The summed E-state index contributed by atoms with van der Waals surface area (Å²) in [5.74, 6) is -0.0333. The Kier molecular flexibility index (Phi) is 5.33. The average molecular weight is 258 g/mol. The molecule has 0 saturated carbocycles. The molecule has 1 aliphatic heterocycles. The van der Waals surface area contributed by atoms with Crippen LogP contribution in [0.2, 0.25) is 0 Å². The quantitative estimate of drug-likeness (QED) is 0.734. The molecule has 2 atom stereocenters. The zero-order valence-electron chi connectivity index (χ0n) is 10.6. The fourth-order valence-electron chi connectivity index (χ4n) is 1.86. The van der Waals surface area contributed by atoms with Crippen molar-refractivity contribution in [2.45, 2.75) is 57.6 Å². The second kappa shape index (κ2) is 6.31. The second-order valence-corrected chi connectivity index (χ2v) is 5.23. The molecule has 0 spiro atoms. The molecule has 3 N–H and O–H groups in total. The largest absolute Gasteiger partial charge is 0.391 e. The second-order valence-electron chi connectivity index (χ2n) is 4.79. The van der Waals surface area contributed by atoms with Crippen molar-refractivity contribution in [1.82, 2.24) is 5.32 Å². The number of rotatable bonds is 5. The Bertz CT molecular complexity index is 290. The number of hydrogen-bond acceptors (Lipinski definition) is 3. The summed E-state index contributed by atoms with van der Waals surface area (Å²) in [6.45, 7) is 4.57. The molecule has 0 aliphatic carbocycles. The summed E-state index contributed by atoms with van der Waals surface area (Å²) in [6.07, 6.45) is 4.34. The van der Waals surface area contributed by atoms with Crippen molar-refractivity contribution in [2.24, 2.45) is 5.73 Å². The zero-order chi connectivity index (χ0) is 12.9. The van der Waals surface area contributed by atoms with Gasteiger partial charge >= 0.3 is 0 Å². The van der Waals surface area contributed by atoms with Gasteiger partial charge in [0.05, 0.1) is 23.1 Å². The van der Waals surface area contributed by atoms with Crippen molar-refractivity contribution in [3.63, 3.8) is 0 Å². The molecule has 1 amide bonds. The van der Waals surface area contributed by atoms with E-state index in [4.69, 9.17) is 22.7 Å². The first kappa shape index (κ1) is 14.4. The molecule has 4 nitrogen and oxygen atoms in total. The van der Waals surface area contributed by atoms with Gasteiger partial charge < -0.3 is 15.8 Å². The number of ether oxygens (including phenoxy) is 1. The molecule has 0 aromatic rings. The normalized spacial score (nSPS) is 23.8. The third-order valence-electron chi connectivity index (χ3n) is 3.35. The standard InChI is InChI=1S/C12H22N2O2S/c1-3-12(2,11(13)17)14-10(15)8-9-6-4-5-7-16-9/h9H,3-8H2,1-2H3,(H2,13,17)(H,14,15). The number of nitrogens with one attached hydrogen (secondary N) is 1. The molecular weight excluding hydrogens is 236 g/mol. The maximum Gasteiger partial charge on any atom is 0.223 e. The number of amides is 1. The van der Waals surface area contributed by atoms with Crippen LogP contribution in [-0.4, -0.2) is 29.1 Å². The molecule has 0 radical (unpaired) electrons. The SMILES string of the molecule is CCC(C)(NC(=O)CC1CCCCO1)C(N)=S. The molecule has 5 heteroatoms. The van der Waals surface area contributed by atoms with Crippen LogP contribution in [0.15, 0.2) is 0 Å². The Hall–Kier alpha value is -0.680. The van der Waals surface area contributed by atoms with Crippen molar-refractivity contribution in [2.75, 3.05) is 6.61 Å². The van der Waals surface area contributed by atoms with Crippen LogP contribution < -0.4 is 11.1 Å². The summed E-state index contributed by atoms with van der Waals surface area (Å²) in [4.78, 5) is 12.2. The van der Waals surface area contributed by atoms with E-state index < -0.39 is 5.54 Å². The molecule has 0 aromatic heterocycles.